The molecule has 192 valence electrons. The van der Waals surface area contributed by atoms with Crippen LogP contribution >= 0.6 is 0 Å². The third kappa shape index (κ3) is 4.59. The summed E-state index contributed by atoms with van der Waals surface area (Å²) in [5.74, 6) is 1.29. The predicted molar refractivity (Wildman–Crippen MR) is 150 cm³/mol. The van der Waals surface area contributed by atoms with Crippen LogP contribution in [0.1, 0.15) is 24.6 Å². The molecule has 3 aliphatic heterocycles. The van der Waals surface area contributed by atoms with Crippen molar-refractivity contribution in [3.63, 3.8) is 0 Å². The number of hydrogen-bond donors (Lipinski definition) is 0. The minimum atomic E-state index is -0.0235. The summed E-state index contributed by atoms with van der Waals surface area (Å²) in [6.07, 6.45) is 7.38. The van der Waals surface area contributed by atoms with Crippen LogP contribution in [0.2, 0.25) is 0 Å². The maximum Gasteiger partial charge on any atom is 0.146 e. The summed E-state index contributed by atoms with van der Waals surface area (Å²) in [6, 6.07) is 17.3. The van der Waals surface area contributed by atoms with Crippen LogP contribution < -0.4 is 14.5 Å². The zero-order valence-corrected chi connectivity index (χ0v) is 21.8. The highest BCUT2D eigenvalue weighted by Crippen LogP contribution is 2.41. The number of aromatic nitrogens is 1. The number of carbonyl (C=O) groups is 1. The van der Waals surface area contributed by atoms with E-state index in [9.17, 15) is 4.79 Å². The number of piperazine rings is 1. The molecule has 0 N–H and O–H groups in total. The lowest BCUT2D eigenvalue weighted by Gasteiger charge is -2.40. The van der Waals surface area contributed by atoms with Crippen molar-refractivity contribution in [1.82, 2.24) is 9.88 Å². The van der Waals surface area contributed by atoms with E-state index in [2.05, 4.69) is 82.4 Å². The van der Waals surface area contributed by atoms with E-state index in [0.29, 0.717) is 12.5 Å². The van der Waals surface area contributed by atoms with Gasteiger partial charge in [-0.05, 0) is 61.6 Å². The van der Waals surface area contributed by atoms with E-state index in [4.69, 9.17) is 9.72 Å². The summed E-state index contributed by atoms with van der Waals surface area (Å²) in [7, 11) is 0. The summed E-state index contributed by atoms with van der Waals surface area (Å²) in [4.78, 5) is 24.0. The van der Waals surface area contributed by atoms with Gasteiger partial charge >= 0.3 is 0 Å². The number of ether oxygens (including phenoxy) is 1. The maximum absolute atomic E-state index is 11.9. The number of nitrogens with zero attached hydrogens (tertiary/aromatic N) is 4. The lowest BCUT2D eigenvalue weighted by Crippen LogP contribution is -2.47. The molecule has 3 aromatic rings. The molecule has 2 unspecified atom stereocenters. The van der Waals surface area contributed by atoms with Crippen molar-refractivity contribution in [2.75, 3.05) is 49.1 Å². The van der Waals surface area contributed by atoms with Crippen LogP contribution in [0, 0.1) is 18.8 Å². The Labute approximate surface area is 219 Å². The Bertz CT molecular complexity index is 1310. The molecule has 0 bridgehead atoms. The van der Waals surface area contributed by atoms with E-state index in [-0.39, 0.29) is 12.0 Å². The number of aryl methyl sites for hydroxylation is 1. The Morgan fingerprint density at radius 3 is 2.68 bits per heavy atom. The number of hydrogen-bond acceptors (Lipinski definition) is 6. The second kappa shape index (κ2) is 10.2. The van der Waals surface area contributed by atoms with Crippen LogP contribution in [0.3, 0.4) is 0 Å². The van der Waals surface area contributed by atoms with Crippen molar-refractivity contribution < 1.29 is 9.53 Å². The molecular weight excluding hydrogens is 460 g/mol. The molecular formula is C31H36N4O2. The zero-order chi connectivity index (χ0) is 25.4. The Hall–Kier alpha value is -3.38. The Balaban J connectivity index is 1.12. The van der Waals surface area contributed by atoms with Gasteiger partial charge in [-0.3, -0.25) is 9.88 Å². The first-order valence-electron chi connectivity index (χ1n) is 13.6. The first-order valence-corrected chi connectivity index (χ1v) is 13.6. The number of benzene rings is 2. The SMILES string of the molecule is Cc1ccc2c(N3CCN(CCc4cccc5c4OCC4C(C=O)[C@H](C)CC=CN54)CC3)cccc2n1. The highest BCUT2D eigenvalue weighted by atomic mass is 16.5. The third-order valence-corrected chi connectivity index (χ3v) is 8.40. The molecule has 1 saturated heterocycles. The van der Waals surface area contributed by atoms with E-state index in [1.54, 1.807) is 0 Å². The molecule has 6 nitrogen and oxygen atoms in total. The van der Waals surface area contributed by atoms with Crippen molar-refractivity contribution in [3.05, 3.63) is 72.1 Å². The van der Waals surface area contributed by atoms with E-state index >= 15 is 0 Å². The molecule has 4 heterocycles. The molecule has 0 spiro atoms. The van der Waals surface area contributed by atoms with Crippen molar-refractivity contribution in [3.8, 4) is 5.75 Å². The van der Waals surface area contributed by atoms with Crippen LogP contribution in [0.5, 0.6) is 5.75 Å². The van der Waals surface area contributed by atoms with Gasteiger partial charge < -0.3 is 19.3 Å². The fourth-order valence-corrected chi connectivity index (χ4v) is 6.21. The van der Waals surface area contributed by atoms with Gasteiger partial charge in [-0.15, -0.1) is 0 Å². The lowest BCUT2D eigenvalue weighted by atomic mass is 9.86. The minimum absolute atomic E-state index is 0.0235. The van der Waals surface area contributed by atoms with Crippen molar-refractivity contribution >= 4 is 28.6 Å². The Morgan fingerprint density at radius 1 is 1.03 bits per heavy atom. The third-order valence-electron chi connectivity index (χ3n) is 8.40. The highest BCUT2D eigenvalue weighted by molar-refractivity contribution is 5.92. The average molecular weight is 497 g/mol. The fraction of sp³-hybridized carbons (Fsp3) is 0.419. The molecule has 37 heavy (non-hydrogen) atoms. The summed E-state index contributed by atoms with van der Waals surface area (Å²) in [6.45, 7) is 9.89. The van der Waals surface area contributed by atoms with Gasteiger partial charge in [0.2, 0.25) is 0 Å². The Morgan fingerprint density at radius 2 is 1.84 bits per heavy atom. The topological polar surface area (TPSA) is 48.9 Å². The molecule has 0 radical (unpaired) electrons. The van der Waals surface area contributed by atoms with Crippen molar-refractivity contribution in [1.29, 1.82) is 0 Å². The number of aldehydes is 1. The van der Waals surface area contributed by atoms with E-state index in [1.165, 1.54) is 16.6 Å². The molecule has 3 atom stereocenters. The number of pyridine rings is 1. The number of carbonyl (C=O) groups excluding carboxylic acids is 1. The predicted octanol–water partition coefficient (Wildman–Crippen LogP) is 4.84. The summed E-state index contributed by atoms with van der Waals surface area (Å²) < 4.78 is 6.36. The van der Waals surface area contributed by atoms with Crippen LogP contribution in [0.15, 0.2) is 60.8 Å². The number of fused-ring (bicyclic) bond motifs is 4. The van der Waals surface area contributed by atoms with Crippen LogP contribution in [-0.2, 0) is 11.2 Å². The van der Waals surface area contributed by atoms with Gasteiger partial charge in [-0.25, -0.2) is 0 Å². The van der Waals surface area contributed by atoms with Gasteiger partial charge in [-0.1, -0.05) is 31.2 Å². The molecule has 0 saturated carbocycles. The van der Waals surface area contributed by atoms with Gasteiger partial charge in [0.1, 0.15) is 18.6 Å². The fourth-order valence-electron chi connectivity index (χ4n) is 6.21. The first-order chi connectivity index (χ1) is 18.1. The van der Waals surface area contributed by atoms with Crippen LogP contribution in [0.25, 0.3) is 10.9 Å². The van der Waals surface area contributed by atoms with Gasteiger partial charge in [0, 0.05) is 61.6 Å². The van der Waals surface area contributed by atoms with Crippen LogP contribution in [0.4, 0.5) is 11.4 Å². The number of allylic oxidation sites excluding steroid dienone is 1. The van der Waals surface area contributed by atoms with Crippen LogP contribution in [-0.4, -0.2) is 61.5 Å². The lowest BCUT2D eigenvalue weighted by molar-refractivity contribution is -0.113. The molecule has 3 aliphatic rings. The molecule has 1 fully saturated rings. The second-order valence-electron chi connectivity index (χ2n) is 10.7. The smallest absolute Gasteiger partial charge is 0.146 e. The number of anilines is 2. The van der Waals surface area contributed by atoms with Crippen molar-refractivity contribution in [2.24, 2.45) is 11.8 Å². The zero-order valence-electron chi connectivity index (χ0n) is 21.8. The van der Waals surface area contributed by atoms with E-state index in [0.717, 1.165) is 74.5 Å². The van der Waals surface area contributed by atoms with Crippen molar-refractivity contribution in [2.45, 2.75) is 32.7 Å². The molecule has 2 aromatic carbocycles. The Kier molecular flexibility index (Phi) is 6.59. The number of para-hydroxylation sites is 1. The van der Waals surface area contributed by atoms with Gasteiger partial charge in [0.05, 0.1) is 17.2 Å². The van der Waals surface area contributed by atoms with E-state index < -0.39 is 0 Å². The summed E-state index contributed by atoms with van der Waals surface area (Å²) >= 11 is 0. The summed E-state index contributed by atoms with van der Waals surface area (Å²) in [5, 5.41) is 1.24. The monoisotopic (exact) mass is 496 g/mol. The standard InChI is InChI=1S/C31H36N4O2/c1-22-6-5-14-35-29-10-3-7-24(31(29)37-21-30(35)26(22)20-36)13-15-33-16-18-34(19-17-33)28-9-4-8-27-25(28)12-11-23(2)32-27/h3-5,7-12,14,20,22,26,30H,6,13,15-19,21H2,1-2H3/t22-,26?,30?/m1/s1. The van der Waals surface area contributed by atoms with Gasteiger partial charge in [0.15, 0.2) is 0 Å². The highest BCUT2D eigenvalue weighted by Gasteiger charge is 2.37. The van der Waals surface area contributed by atoms with E-state index in [1.807, 2.05) is 6.92 Å². The molecule has 6 heteroatoms. The minimum Gasteiger partial charge on any atom is -0.489 e. The molecule has 1 aromatic heterocycles. The quantitative estimate of drug-likeness (QED) is 0.471. The van der Waals surface area contributed by atoms with Gasteiger partial charge in [0.25, 0.3) is 0 Å². The largest absolute Gasteiger partial charge is 0.489 e. The molecule has 0 aliphatic carbocycles. The second-order valence-corrected chi connectivity index (χ2v) is 10.7. The maximum atomic E-state index is 11.9. The van der Waals surface area contributed by atoms with Gasteiger partial charge in [-0.2, -0.15) is 0 Å². The number of rotatable bonds is 5. The molecule has 0 amide bonds. The molecule has 6 rings (SSSR count). The normalized spacial score (nSPS) is 23.8. The summed E-state index contributed by atoms with van der Waals surface area (Å²) in [5.41, 5.74) is 5.77. The average Bonchev–Trinajstić information content (AvgIpc) is 3.09. The first kappa shape index (κ1) is 24.0.